The van der Waals surface area contributed by atoms with E-state index in [4.69, 9.17) is 16.0 Å². The van der Waals surface area contributed by atoms with E-state index in [0.29, 0.717) is 11.7 Å². The summed E-state index contributed by atoms with van der Waals surface area (Å²) in [5.41, 5.74) is 0. The van der Waals surface area contributed by atoms with E-state index in [-0.39, 0.29) is 11.1 Å². The van der Waals surface area contributed by atoms with Crippen molar-refractivity contribution in [1.29, 1.82) is 0 Å². The molecule has 0 spiro atoms. The Morgan fingerprint density at radius 3 is 3.06 bits per heavy atom. The number of hydrogen-bond acceptors (Lipinski definition) is 2. The second-order valence-electron chi connectivity index (χ2n) is 3.99. The maximum Gasteiger partial charge on any atom is 0.289 e. The normalized spacial score (nSPS) is 20.4. The van der Waals surface area contributed by atoms with Gasteiger partial charge in [-0.3, -0.25) is 4.79 Å². The predicted octanol–water partition coefficient (Wildman–Crippen LogP) is 3.18. The minimum atomic E-state index is -0.0519. The zero-order chi connectivity index (χ0) is 11.5. The van der Waals surface area contributed by atoms with Gasteiger partial charge in [0.15, 0.2) is 11.0 Å². The van der Waals surface area contributed by atoms with E-state index in [2.05, 4.69) is 15.9 Å². The summed E-state index contributed by atoms with van der Waals surface area (Å²) in [7, 11) is 0. The molecule has 1 aromatic rings. The van der Waals surface area contributed by atoms with Crippen molar-refractivity contribution in [3.8, 4) is 0 Å². The molecule has 2 heterocycles. The molecule has 1 fully saturated rings. The third-order valence-corrected chi connectivity index (χ3v) is 3.54. The van der Waals surface area contributed by atoms with Crippen LogP contribution in [-0.2, 0) is 0 Å². The molecule has 1 unspecified atom stereocenters. The average molecular weight is 307 g/mol. The summed E-state index contributed by atoms with van der Waals surface area (Å²) < 4.78 is 5.12. The van der Waals surface area contributed by atoms with Crippen molar-refractivity contribution in [2.75, 3.05) is 18.4 Å². The lowest BCUT2D eigenvalue weighted by Crippen LogP contribution is -2.28. The molecule has 0 radical (unpaired) electrons. The maximum absolute atomic E-state index is 12.0. The van der Waals surface area contributed by atoms with Gasteiger partial charge in [0.2, 0.25) is 0 Å². The van der Waals surface area contributed by atoms with Gasteiger partial charge in [-0.1, -0.05) is 15.9 Å². The highest BCUT2D eigenvalue weighted by Gasteiger charge is 2.27. The molecule has 1 aromatic heterocycles. The Labute approximate surface area is 108 Å². The molecule has 1 aliphatic heterocycles. The van der Waals surface area contributed by atoms with E-state index in [0.717, 1.165) is 31.3 Å². The topological polar surface area (TPSA) is 33.5 Å². The van der Waals surface area contributed by atoms with E-state index in [1.165, 1.54) is 0 Å². The Hall–Kier alpha value is -0.480. The van der Waals surface area contributed by atoms with Gasteiger partial charge >= 0.3 is 0 Å². The van der Waals surface area contributed by atoms with Crippen molar-refractivity contribution in [1.82, 2.24) is 4.90 Å². The fourth-order valence-electron chi connectivity index (χ4n) is 1.99. The summed E-state index contributed by atoms with van der Waals surface area (Å²) in [5.74, 6) is 0.891. The van der Waals surface area contributed by atoms with Crippen molar-refractivity contribution < 1.29 is 9.21 Å². The number of rotatable bonds is 3. The summed E-state index contributed by atoms with van der Waals surface area (Å²) >= 11 is 9.07. The van der Waals surface area contributed by atoms with Crippen molar-refractivity contribution in [3.05, 3.63) is 23.1 Å². The van der Waals surface area contributed by atoms with Crippen molar-refractivity contribution in [3.63, 3.8) is 0 Å². The van der Waals surface area contributed by atoms with Gasteiger partial charge in [-0.15, -0.1) is 0 Å². The molecule has 16 heavy (non-hydrogen) atoms. The lowest BCUT2D eigenvalue weighted by molar-refractivity contribution is 0.0755. The molecule has 2 rings (SSSR count). The summed E-state index contributed by atoms with van der Waals surface area (Å²) in [6.45, 7) is 1.64. The molecule has 0 bridgehead atoms. The summed E-state index contributed by atoms with van der Waals surface area (Å²) in [6.07, 6.45) is 2.19. The van der Waals surface area contributed by atoms with Gasteiger partial charge in [-0.2, -0.15) is 0 Å². The van der Waals surface area contributed by atoms with Gasteiger partial charge in [-0.05, 0) is 42.5 Å². The first-order valence-corrected chi connectivity index (χ1v) is 6.81. The van der Waals surface area contributed by atoms with Crippen LogP contribution in [0.5, 0.6) is 0 Å². The molecule has 1 aliphatic rings. The van der Waals surface area contributed by atoms with Crippen LogP contribution in [0.1, 0.15) is 23.4 Å². The molecule has 88 valence electrons. The highest BCUT2D eigenvalue weighted by molar-refractivity contribution is 9.09. The Morgan fingerprint density at radius 1 is 1.62 bits per heavy atom. The first kappa shape index (κ1) is 12.0. The van der Waals surface area contributed by atoms with Gasteiger partial charge in [0.1, 0.15) is 0 Å². The van der Waals surface area contributed by atoms with Gasteiger partial charge in [0.05, 0.1) is 0 Å². The quantitative estimate of drug-likeness (QED) is 0.804. The Balaban J connectivity index is 1.97. The molecule has 0 aliphatic carbocycles. The van der Waals surface area contributed by atoms with Crippen molar-refractivity contribution in [2.24, 2.45) is 5.92 Å². The molecule has 0 aromatic carbocycles. The molecular formula is C11H13BrClNO2. The largest absolute Gasteiger partial charge is 0.440 e. The van der Waals surface area contributed by atoms with Crippen LogP contribution in [0, 0.1) is 5.92 Å². The maximum atomic E-state index is 12.0. The zero-order valence-electron chi connectivity index (χ0n) is 8.79. The van der Waals surface area contributed by atoms with Crippen LogP contribution in [-0.4, -0.2) is 29.2 Å². The van der Waals surface area contributed by atoms with Crippen LogP contribution in [0.4, 0.5) is 0 Å². The van der Waals surface area contributed by atoms with Crippen LogP contribution in [0.15, 0.2) is 16.5 Å². The van der Waals surface area contributed by atoms with Gasteiger partial charge < -0.3 is 9.32 Å². The molecule has 1 saturated heterocycles. The van der Waals surface area contributed by atoms with E-state index < -0.39 is 0 Å². The highest BCUT2D eigenvalue weighted by Crippen LogP contribution is 2.23. The number of halogens is 2. The lowest BCUT2D eigenvalue weighted by Gasteiger charge is -2.14. The summed E-state index contributed by atoms with van der Waals surface area (Å²) in [4.78, 5) is 13.8. The number of furan rings is 1. The number of nitrogens with zero attached hydrogens (tertiary/aromatic N) is 1. The van der Waals surface area contributed by atoms with Gasteiger partial charge in [0, 0.05) is 18.4 Å². The number of alkyl halides is 1. The van der Waals surface area contributed by atoms with Crippen molar-refractivity contribution >= 4 is 33.4 Å². The van der Waals surface area contributed by atoms with Gasteiger partial charge in [-0.25, -0.2) is 0 Å². The van der Waals surface area contributed by atoms with E-state index >= 15 is 0 Å². The Bertz CT molecular complexity index is 380. The molecule has 0 saturated carbocycles. The highest BCUT2D eigenvalue weighted by atomic mass is 79.9. The lowest BCUT2D eigenvalue weighted by atomic mass is 10.1. The second-order valence-corrected chi connectivity index (χ2v) is 5.15. The first-order chi connectivity index (χ1) is 7.70. The molecule has 5 heteroatoms. The van der Waals surface area contributed by atoms with Crippen LogP contribution < -0.4 is 0 Å². The molecule has 1 atom stereocenters. The smallest absolute Gasteiger partial charge is 0.289 e. The van der Waals surface area contributed by atoms with Gasteiger partial charge in [0.25, 0.3) is 5.91 Å². The monoisotopic (exact) mass is 305 g/mol. The standard InChI is InChI=1S/C11H13BrClNO2/c12-5-3-8-4-6-14(7-8)11(15)9-1-2-10(13)16-9/h1-2,8H,3-7H2. The van der Waals surface area contributed by atoms with Crippen LogP contribution >= 0.6 is 27.5 Å². The SMILES string of the molecule is O=C(c1ccc(Cl)o1)N1CCC(CCBr)C1. The average Bonchev–Trinajstić information content (AvgIpc) is 2.87. The van der Waals surface area contributed by atoms with Crippen LogP contribution in [0.3, 0.4) is 0 Å². The summed E-state index contributed by atoms with van der Waals surface area (Å²) in [5, 5.41) is 1.26. The second kappa shape index (κ2) is 5.23. The zero-order valence-corrected chi connectivity index (χ0v) is 11.1. The Kier molecular flexibility index (Phi) is 3.92. The third kappa shape index (κ3) is 2.61. The predicted molar refractivity (Wildman–Crippen MR) is 66.1 cm³/mol. The number of carbonyl (C=O) groups is 1. The Morgan fingerprint density at radius 2 is 2.44 bits per heavy atom. The fourth-order valence-corrected chi connectivity index (χ4v) is 2.79. The third-order valence-electron chi connectivity index (χ3n) is 2.87. The number of likely N-dealkylation sites (tertiary alicyclic amines) is 1. The van der Waals surface area contributed by atoms with Crippen LogP contribution in [0.25, 0.3) is 0 Å². The number of hydrogen-bond donors (Lipinski definition) is 0. The number of carbonyl (C=O) groups excluding carboxylic acids is 1. The minimum absolute atomic E-state index is 0.0519. The number of amides is 1. The summed E-state index contributed by atoms with van der Waals surface area (Å²) in [6, 6.07) is 3.23. The molecule has 0 N–H and O–H groups in total. The van der Waals surface area contributed by atoms with E-state index in [1.807, 2.05) is 4.90 Å². The van der Waals surface area contributed by atoms with Crippen molar-refractivity contribution in [2.45, 2.75) is 12.8 Å². The molecular weight excluding hydrogens is 293 g/mol. The van der Waals surface area contributed by atoms with E-state index in [9.17, 15) is 4.79 Å². The first-order valence-electron chi connectivity index (χ1n) is 5.31. The fraction of sp³-hybridized carbons (Fsp3) is 0.545. The molecule has 3 nitrogen and oxygen atoms in total. The molecule has 1 amide bonds. The van der Waals surface area contributed by atoms with Crippen LogP contribution in [0.2, 0.25) is 5.22 Å². The van der Waals surface area contributed by atoms with E-state index in [1.54, 1.807) is 12.1 Å². The minimum Gasteiger partial charge on any atom is -0.440 e.